The van der Waals surface area contributed by atoms with E-state index in [1.54, 1.807) is 6.07 Å². The van der Waals surface area contributed by atoms with Gasteiger partial charge in [-0.15, -0.1) is 11.3 Å². The van der Waals surface area contributed by atoms with Gasteiger partial charge in [0.25, 0.3) is 0 Å². The molecule has 0 atom stereocenters. The van der Waals surface area contributed by atoms with E-state index in [2.05, 4.69) is 20.6 Å². The number of halogens is 4. The molecule has 31 heavy (non-hydrogen) atoms. The van der Waals surface area contributed by atoms with Gasteiger partial charge in [0.15, 0.2) is 9.84 Å². The largest absolute Gasteiger partial charge is 0.420 e. The number of anilines is 2. The second-order valence-corrected chi connectivity index (χ2v) is 10.4. The first-order valence-corrected chi connectivity index (χ1v) is 12.2. The van der Waals surface area contributed by atoms with Gasteiger partial charge in [-0.1, -0.05) is 11.6 Å². The summed E-state index contributed by atoms with van der Waals surface area (Å²) in [7, 11) is -3.56. The summed E-state index contributed by atoms with van der Waals surface area (Å²) >= 11 is 7.20. The van der Waals surface area contributed by atoms with Gasteiger partial charge < -0.3 is 10.6 Å². The Morgan fingerprint density at radius 3 is 2.68 bits per heavy atom. The van der Waals surface area contributed by atoms with Crippen LogP contribution in [0.25, 0.3) is 10.6 Å². The fraction of sp³-hybridized carbons (Fsp3) is 0.263. The topological polar surface area (TPSA) is 84.0 Å². The zero-order valence-electron chi connectivity index (χ0n) is 16.0. The molecular weight excluding hydrogens is 473 g/mol. The van der Waals surface area contributed by atoms with E-state index in [0.29, 0.717) is 23.5 Å². The van der Waals surface area contributed by atoms with Gasteiger partial charge in [0, 0.05) is 24.4 Å². The summed E-state index contributed by atoms with van der Waals surface area (Å²) in [4.78, 5) is 7.86. The Labute approximate surface area is 185 Å². The average molecular weight is 489 g/mol. The van der Waals surface area contributed by atoms with Crippen molar-refractivity contribution in [1.82, 2.24) is 15.3 Å². The van der Waals surface area contributed by atoms with Gasteiger partial charge in [-0.05, 0) is 42.3 Å². The molecule has 1 aliphatic heterocycles. The van der Waals surface area contributed by atoms with Gasteiger partial charge in [0.2, 0.25) is 5.95 Å². The highest BCUT2D eigenvalue weighted by Gasteiger charge is 2.36. The summed E-state index contributed by atoms with van der Waals surface area (Å²) in [6, 6.07) is 4.82. The fourth-order valence-corrected chi connectivity index (χ4v) is 5.45. The number of hydrogen-bond acceptors (Lipinski definition) is 7. The summed E-state index contributed by atoms with van der Waals surface area (Å²) < 4.78 is 64.1. The van der Waals surface area contributed by atoms with Gasteiger partial charge in [0.05, 0.1) is 26.2 Å². The monoisotopic (exact) mass is 488 g/mol. The Morgan fingerprint density at radius 2 is 2.00 bits per heavy atom. The summed E-state index contributed by atoms with van der Waals surface area (Å²) in [6.07, 6.45) is -2.24. The van der Waals surface area contributed by atoms with Crippen molar-refractivity contribution in [3.63, 3.8) is 0 Å². The second kappa shape index (κ2) is 8.05. The molecule has 0 unspecified atom stereocenters. The minimum Gasteiger partial charge on any atom is -0.323 e. The third-order valence-corrected chi connectivity index (χ3v) is 7.24. The molecule has 3 aromatic rings. The number of rotatable bonds is 4. The molecular formula is C19H16ClF3N4O2S2. The van der Waals surface area contributed by atoms with E-state index in [-0.39, 0.29) is 15.7 Å². The quantitative estimate of drug-likeness (QED) is 0.555. The predicted octanol–water partition coefficient (Wildman–Crippen LogP) is 4.67. The van der Waals surface area contributed by atoms with Crippen molar-refractivity contribution in [2.45, 2.75) is 24.0 Å². The zero-order chi connectivity index (χ0) is 22.4. The SMILES string of the molecule is CS(=O)(=O)c1csc(-c2nc(Nc3cc4c(cc3Cl)CNCC4)ncc2C(F)(F)F)c1. The van der Waals surface area contributed by atoms with E-state index >= 15 is 0 Å². The maximum atomic E-state index is 13.5. The first kappa shape index (κ1) is 22.0. The normalized spacial score (nSPS) is 14.4. The predicted molar refractivity (Wildman–Crippen MR) is 114 cm³/mol. The second-order valence-electron chi connectivity index (χ2n) is 7.03. The van der Waals surface area contributed by atoms with Gasteiger partial charge >= 0.3 is 6.18 Å². The molecule has 3 heterocycles. The van der Waals surface area contributed by atoms with Crippen LogP contribution in [0.5, 0.6) is 0 Å². The third-order valence-electron chi connectivity index (χ3n) is 4.75. The Bertz CT molecular complexity index is 1260. The molecule has 2 N–H and O–H groups in total. The van der Waals surface area contributed by atoms with E-state index in [0.717, 1.165) is 41.7 Å². The fourth-order valence-electron chi connectivity index (χ4n) is 3.19. The van der Waals surface area contributed by atoms with Crippen LogP contribution in [-0.2, 0) is 29.0 Å². The minimum atomic E-state index is -4.71. The molecule has 2 aromatic heterocycles. The highest BCUT2D eigenvalue weighted by Crippen LogP contribution is 2.39. The van der Waals surface area contributed by atoms with E-state index < -0.39 is 27.3 Å². The molecule has 0 radical (unpaired) electrons. The Morgan fingerprint density at radius 1 is 1.23 bits per heavy atom. The third kappa shape index (κ3) is 4.69. The van der Waals surface area contributed by atoms with Crippen LogP contribution >= 0.6 is 22.9 Å². The summed E-state index contributed by atoms with van der Waals surface area (Å²) in [5, 5.41) is 7.81. The van der Waals surface area contributed by atoms with Crippen molar-refractivity contribution < 1.29 is 21.6 Å². The van der Waals surface area contributed by atoms with Crippen molar-refractivity contribution in [3.05, 3.63) is 51.5 Å². The maximum Gasteiger partial charge on any atom is 0.420 e. The van der Waals surface area contributed by atoms with Gasteiger partial charge in [0.1, 0.15) is 5.56 Å². The maximum absolute atomic E-state index is 13.5. The summed E-state index contributed by atoms with van der Waals surface area (Å²) in [5.74, 6) is -0.0758. The van der Waals surface area contributed by atoms with Crippen LogP contribution in [0.4, 0.5) is 24.8 Å². The number of hydrogen-bond donors (Lipinski definition) is 2. The molecule has 0 fully saturated rings. The standard InChI is InChI=1S/C19H16ClF3N4O2S2/c1-31(28,29)12-6-16(30-9-12)17-13(19(21,22)23)8-25-18(27-17)26-15-5-10-2-3-24-7-11(10)4-14(15)20/h4-6,8-9,24H,2-3,7H2,1H3,(H,25,26,27). The van der Waals surface area contributed by atoms with Crippen LogP contribution in [0.3, 0.4) is 0 Å². The molecule has 164 valence electrons. The van der Waals surface area contributed by atoms with Crippen molar-refractivity contribution in [1.29, 1.82) is 0 Å². The number of nitrogens with one attached hydrogen (secondary N) is 2. The van der Waals surface area contributed by atoms with E-state index in [4.69, 9.17) is 11.6 Å². The van der Waals surface area contributed by atoms with Crippen LogP contribution in [-0.4, -0.2) is 31.2 Å². The Kier molecular flexibility index (Phi) is 5.71. The van der Waals surface area contributed by atoms with Crippen LogP contribution < -0.4 is 10.6 Å². The summed E-state index contributed by atoms with van der Waals surface area (Å²) in [6.45, 7) is 1.51. The molecule has 1 aromatic carbocycles. The smallest absolute Gasteiger partial charge is 0.323 e. The molecule has 0 spiro atoms. The molecule has 6 nitrogen and oxygen atoms in total. The lowest BCUT2D eigenvalue weighted by Crippen LogP contribution is -2.23. The number of fused-ring (bicyclic) bond motifs is 1. The number of nitrogens with zero attached hydrogens (tertiary/aromatic N) is 2. The van der Waals surface area contributed by atoms with Crippen LogP contribution in [0.1, 0.15) is 16.7 Å². The minimum absolute atomic E-state index is 0.0694. The van der Waals surface area contributed by atoms with E-state index in [1.807, 2.05) is 6.07 Å². The average Bonchev–Trinajstić information content (AvgIpc) is 3.18. The highest BCUT2D eigenvalue weighted by molar-refractivity contribution is 7.90. The summed E-state index contributed by atoms with van der Waals surface area (Å²) in [5.41, 5.74) is 1.17. The van der Waals surface area contributed by atoms with E-state index in [1.165, 1.54) is 11.4 Å². The van der Waals surface area contributed by atoms with Crippen LogP contribution in [0, 0.1) is 0 Å². The number of sulfone groups is 1. The first-order chi connectivity index (χ1) is 14.5. The van der Waals surface area contributed by atoms with Crippen molar-refractivity contribution in [3.8, 4) is 10.6 Å². The number of benzene rings is 1. The van der Waals surface area contributed by atoms with Crippen molar-refractivity contribution in [2.24, 2.45) is 0 Å². The lowest BCUT2D eigenvalue weighted by atomic mass is 10.0. The molecule has 12 heteroatoms. The molecule has 1 aliphatic rings. The van der Waals surface area contributed by atoms with Gasteiger partial charge in [-0.25, -0.2) is 18.4 Å². The molecule has 0 saturated carbocycles. The van der Waals surface area contributed by atoms with Gasteiger partial charge in [-0.2, -0.15) is 13.2 Å². The molecule has 0 amide bonds. The highest BCUT2D eigenvalue weighted by atomic mass is 35.5. The van der Waals surface area contributed by atoms with Crippen LogP contribution in [0.15, 0.2) is 34.7 Å². The van der Waals surface area contributed by atoms with E-state index in [9.17, 15) is 21.6 Å². The number of alkyl halides is 3. The molecule has 4 rings (SSSR count). The lowest BCUT2D eigenvalue weighted by Gasteiger charge is -2.19. The van der Waals surface area contributed by atoms with Crippen molar-refractivity contribution >= 4 is 44.4 Å². The molecule has 0 saturated heterocycles. The van der Waals surface area contributed by atoms with Gasteiger partial charge in [-0.3, -0.25) is 0 Å². The molecule has 0 aliphatic carbocycles. The lowest BCUT2D eigenvalue weighted by molar-refractivity contribution is -0.137. The number of aromatic nitrogens is 2. The van der Waals surface area contributed by atoms with Crippen LogP contribution in [0.2, 0.25) is 5.02 Å². The zero-order valence-corrected chi connectivity index (χ0v) is 18.4. The molecule has 0 bridgehead atoms. The Balaban J connectivity index is 1.75. The Hall–Kier alpha value is -2.21. The first-order valence-electron chi connectivity index (χ1n) is 9.04. The van der Waals surface area contributed by atoms with Crippen molar-refractivity contribution in [2.75, 3.05) is 18.1 Å². The number of thiophene rings is 1.